The number of aliphatic hydroxyl groups excluding tert-OH is 1. The Bertz CT molecular complexity index is 126. The van der Waals surface area contributed by atoms with E-state index in [1.165, 1.54) is 0 Å². The zero-order valence-electron chi connectivity index (χ0n) is 7.00. The van der Waals surface area contributed by atoms with Crippen LogP contribution in [0.3, 0.4) is 0 Å². The molecule has 4 nitrogen and oxygen atoms in total. The second-order valence-corrected chi connectivity index (χ2v) is 2.60. The highest BCUT2D eigenvalue weighted by molar-refractivity contribution is 5.80. The zero-order chi connectivity index (χ0) is 8.85. The number of amides is 1. The van der Waals surface area contributed by atoms with E-state index in [0.717, 1.165) is 0 Å². The van der Waals surface area contributed by atoms with Crippen molar-refractivity contribution in [3.8, 4) is 0 Å². The highest BCUT2D eigenvalue weighted by atomic mass is 16.3. The molecule has 0 aliphatic heterocycles. The largest absolute Gasteiger partial charge is 0.391 e. The van der Waals surface area contributed by atoms with Gasteiger partial charge in [0.1, 0.15) is 0 Å². The number of hydrogen-bond donors (Lipinski definition) is 3. The fourth-order valence-corrected chi connectivity index (χ4v) is 0.524. The van der Waals surface area contributed by atoms with Crippen molar-refractivity contribution in [3.63, 3.8) is 0 Å². The summed E-state index contributed by atoms with van der Waals surface area (Å²) in [4.78, 5) is 10.8. The van der Waals surface area contributed by atoms with E-state index in [1.54, 1.807) is 6.92 Å². The van der Waals surface area contributed by atoms with Gasteiger partial charge in [-0.15, -0.1) is 0 Å². The van der Waals surface area contributed by atoms with Gasteiger partial charge in [0.25, 0.3) is 0 Å². The molecule has 0 heterocycles. The average molecular weight is 160 g/mol. The van der Waals surface area contributed by atoms with E-state index >= 15 is 0 Å². The topological polar surface area (TPSA) is 75.3 Å². The Balaban J connectivity index is 3.46. The van der Waals surface area contributed by atoms with Crippen molar-refractivity contribution < 1.29 is 9.90 Å². The maximum Gasteiger partial charge on any atom is 0.236 e. The number of carbonyl (C=O) groups is 1. The predicted molar refractivity (Wildman–Crippen MR) is 43.0 cm³/mol. The van der Waals surface area contributed by atoms with Gasteiger partial charge in [-0.05, 0) is 13.3 Å². The lowest BCUT2D eigenvalue weighted by atomic mass is 10.2. The zero-order valence-corrected chi connectivity index (χ0v) is 7.00. The van der Waals surface area contributed by atoms with Crippen molar-refractivity contribution in [2.45, 2.75) is 32.4 Å². The van der Waals surface area contributed by atoms with Gasteiger partial charge in [0.05, 0.1) is 12.1 Å². The molecular formula is C7H16N2O2. The van der Waals surface area contributed by atoms with Crippen LogP contribution >= 0.6 is 0 Å². The molecular weight excluding hydrogens is 144 g/mol. The molecule has 66 valence electrons. The van der Waals surface area contributed by atoms with E-state index in [9.17, 15) is 4.79 Å². The first kappa shape index (κ1) is 10.4. The number of aliphatic hydroxyl groups is 1. The van der Waals surface area contributed by atoms with Crippen molar-refractivity contribution in [1.29, 1.82) is 0 Å². The van der Waals surface area contributed by atoms with Gasteiger partial charge in [-0.1, -0.05) is 6.92 Å². The Hall–Kier alpha value is -0.610. The third kappa shape index (κ3) is 4.75. The average Bonchev–Trinajstić information content (AvgIpc) is 1.99. The minimum absolute atomic E-state index is 0.225. The minimum Gasteiger partial charge on any atom is -0.391 e. The summed E-state index contributed by atoms with van der Waals surface area (Å²) in [6.07, 6.45) is 0.178. The molecule has 2 unspecified atom stereocenters. The van der Waals surface area contributed by atoms with Gasteiger partial charge in [0, 0.05) is 6.54 Å². The summed E-state index contributed by atoms with van der Waals surface area (Å²) in [7, 11) is 0. The third-order valence-electron chi connectivity index (χ3n) is 1.40. The molecule has 0 aliphatic carbocycles. The summed E-state index contributed by atoms with van der Waals surface area (Å²) in [6, 6.07) is -0.501. The maximum atomic E-state index is 10.8. The molecule has 0 bridgehead atoms. The van der Waals surface area contributed by atoms with Crippen molar-refractivity contribution in [2.75, 3.05) is 6.54 Å². The van der Waals surface area contributed by atoms with Crippen LogP contribution in [0.25, 0.3) is 0 Å². The number of nitrogens with two attached hydrogens (primary N) is 1. The van der Waals surface area contributed by atoms with Crippen LogP contribution in [0.4, 0.5) is 0 Å². The molecule has 4 heteroatoms. The molecule has 1 amide bonds. The van der Waals surface area contributed by atoms with Gasteiger partial charge < -0.3 is 16.2 Å². The van der Waals surface area contributed by atoms with Crippen LogP contribution < -0.4 is 11.1 Å². The first-order chi connectivity index (χ1) is 5.07. The molecule has 0 saturated carbocycles. The van der Waals surface area contributed by atoms with Gasteiger partial charge >= 0.3 is 0 Å². The summed E-state index contributed by atoms with van der Waals surface area (Å²) in [5, 5.41) is 11.6. The summed E-state index contributed by atoms with van der Waals surface area (Å²) in [5.41, 5.74) is 5.27. The standard InChI is InChI=1S/C7H16N2O2/c1-3-6(10)4-9-7(11)5(2)8/h5-6,10H,3-4,8H2,1-2H3,(H,9,11). The number of carbonyl (C=O) groups excluding carboxylic acids is 1. The Labute approximate surface area is 66.8 Å². The van der Waals surface area contributed by atoms with Crippen molar-refractivity contribution >= 4 is 5.91 Å². The Morgan fingerprint density at radius 3 is 2.64 bits per heavy atom. The molecule has 0 aliphatic rings. The molecule has 0 spiro atoms. The minimum atomic E-state index is -0.501. The van der Waals surface area contributed by atoms with Crippen molar-refractivity contribution in [3.05, 3.63) is 0 Å². The van der Waals surface area contributed by atoms with Crippen LogP contribution in [0.5, 0.6) is 0 Å². The quantitative estimate of drug-likeness (QED) is 0.505. The highest BCUT2D eigenvalue weighted by Crippen LogP contribution is 1.86. The number of rotatable bonds is 4. The second kappa shape index (κ2) is 5.09. The van der Waals surface area contributed by atoms with Gasteiger partial charge in [-0.2, -0.15) is 0 Å². The molecule has 11 heavy (non-hydrogen) atoms. The van der Waals surface area contributed by atoms with E-state index in [1.807, 2.05) is 6.92 Å². The predicted octanol–water partition coefficient (Wildman–Crippen LogP) is -0.779. The SMILES string of the molecule is CCC(O)CNC(=O)C(C)N. The van der Waals surface area contributed by atoms with Crippen LogP contribution in [0.2, 0.25) is 0 Å². The van der Waals surface area contributed by atoms with Crippen molar-refractivity contribution in [2.24, 2.45) is 5.73 Å². The molecule has 0 rings (SSSR count). The smallest absolute Gasteiger partial charge is 0.236 e. The van der Waals surface area contributed by atoms with Gasteiger partial charge in [0.2, 0.25) is 5.91 Å². The van der Waals surface area contributed by atoms with E-state index in [-0.39, 0.29) is 12.5 Å². The van der Waals surface area contributed by atoms with Crippen LogP contribution in [-0.4, -0.2) is 29.7 Å². The van der Waals surface area contributed by atoms with Gasteiger partial charge in [-0.25, -0.2) is 0 Å². The molecule has 0 aromatic rings. The molecule has 0 aromatic carbocycles. The van der Waals surface area contributed by atoms with Crippen LogP contribution in [0, 0.1) is 0 Å². The lowest BCUT2D eigenvalue weighted by Crippen LogP contribution is -2.41. The molecule has 0 radical (unpaired) electrons. The monoisotopic (exact) mass is 160 g/mol. The lowest BCUT2D eigenvalue weighted by Gasteiger charge is -2.10. The lowest BCUT2D eigenvalue weighted by molar-refractivity contribution is -0.122. The summed E-state index contributed by atoms with van der Waals surface area (Å²) >= 11 is 0. The summed E-state index contributed by atoms with van der Waals surface area (Å²) in [5.74, 6) is -0.225. The molecule has 4 N–H and O–H groups in total. The van der Waals surface area contributed by atoms with Crippen LogP contribution in [-0.2, 0) is 4.79 Å². The molecule has 0 saturated heterocycles. The Morgan fingerprint density at radius 2 is 2.27 bits per heavy atom. The summed E-state index contributed by atoms with van der Waals surface area (Å²) < 4.78 is 0. The first-order valence-corrected chi connectivity index (χ1v) is 3.79. The van der Waals surface area contributed by atoms with E-state index in [4.69, 9.17) is 10.8 Å². The van der Waals surface area contributed by atoms with E-state index < -0.39 is 12.1 Å². The van der Waals surface area contributed by atoms with Crippen LogP contribution in [0.15, 0.2) is 0 Å². The molecule has 0 aromatic heterocycles. The highest BCUT2D eigenvalue weighted by Gasteiger charge is 2.07. The van der Waals surface area contributed by atoms with E-state index in [2.05, 4.69) is 5.32 Å². The van der Waals surface area contributed by atoms with E-state index in [0.29, 0.717) is 6.42 Å². The molecule has 0 fully saturated rings. The number of nitrogens with one attached hydrogen (secondary N) is 1. The second-order valence-electron chi connectivity index (χ2n) is 2.60. The maximum absolute atomic E-state index is 10.8. The normalized spacial score (nSPS) is 15.6. The summed E-state index contributed by atoms with van der Waals surface area (Å²) in [6.45, 7) is 3.74. The van der Waals surface area contributed by atoms with Gasteiger partial charge in [0.15, 0.2) is 0 Å². The Morgan fingerprint density at radius 1 is 1.73 bits per heavy atom. The van der Waals surface area contributed by atoms with Crippen LogP contribution in [0.1, 0.15) is 20.3 Å². The number of hydrogen-bond acceptors (Lipinski definition) is 3. The Kier molecular flexibility index (Phi) is 4.81. The van der Waals surface area contributed by atoms with Gasteiger partial charge in [-0.3, -0.25) is 4.79 Å². The fourth-order valence-electron chi connectivity index (χ4n) is 0.524. The third-order valence-corrected chi connectivity index (χ3v) is 1.40. The molecule has 2 atom stereocenters. The van der Waals surface area contributed by atoms with Crippen molar-refractivity contribution in [1.82, 2.24) is 5.32 Å². The first-order valence-electron chi connectivity index (χ1n) is 3.79. The fraction of sp³-hybridized carbons (Fsp3) is 0.857.